The zero-order valence-electron chi connectivity index (χ0n) is 14.1. The second kappa shape index (κ2) is 6.58. The summed E-state index contributed by atoms with van der Waals surface area (Å²) in [5.74, 6) is 0.740. The zero-order chi connectivity index (χ0) is 18.1. The highest BCUT2D eigenvalue weighted by molar-refractivity contribution is 8.14. The van der Waals surface area contributed by atoms with E-state index >= 15 is 0 Å². The monoisotopic (exact) mass is 371 g/mol. The minimum Gasteiger partial charge on any atom is -0.480 e. The van der Waals surface area contributed by atoms with Crippen molar-refractivity contribution in [1.82, 2.24) is 9.97 Å². The first kappa shape index (κ1) is 16.8. The van der Waals surface area contributed by atoms with Crippen molar-refractivity contribution in [2.45, 2.75) is 12.1 Å². The van der Waals surface area contributed by atoms with Gasteiger partial charge in [0.15, 0.2) is 5.17 Å². The van der Waals surface area contributed by atoms with Crippen molar-refractivity contribution in [1.29, 1.82) is 0 Å². The summed E-state index contributed by atoms with van der Waals surface area (Å²) >= 11 is 1.52. The van der Waals surface area contributed by atoms with Gasteiger partial charge in [0.2, 0.25) is 5.88 Å². The van der Waals surface area contributed by atoms with Crippen LogP contribution in [0, 0.1) is 0 Å². The molecule has 1 unspecified atom stereocenters. The Morgan fingerprint density at radius 2 is 2.27 bits per heavy atom. The van der Waals surface area contributed by atoms with Crippen LogP contribution < -0.4 is 15.8 Å². The van der Waals surface area contributed by atoms with E-state index in [-0.39, 0.29) is 11.6 Å². The van der Waals surface area contributed by atoms with E-state index in [0.717, 1.165) is 16.9 Å². The molecule has 134 valence electrons. The van der Waals surface area contributed by atoms with Crippen LogP contribution >= 0.6 is 11.8 Å². The number of amides is 1. The SMILES string of the molecule is COc1cnc(C(=O)Nc2ccc3c(c2)C2(COC3)CSC(N)=N2)cn1. The van der Waals surface area contributed by atoms with Crippen molar-refractivity contribution in [2.75, 3.05) is 24.8 Å². The number of fused-ring (bicyclic) bond motifs is 2. The fourth-order valence-corrected chi connectivity index (χ4v) is 3.96. The van der Waals surface area contributed by atoms with E-state index in [1.165, 1.54) is 31.3 Å². The van der Waals surface area contributed by atoms with E-state index in [1.54, 1.807) is 0 Å². The maximum absolute atomic E-state index is 12.4. The molecule has 1 amide bonds. The largest absolute Gasteiger partial charge is 0.480 e. The topological polar surface area (TPSA) is 112 Å². The molecular weight excluding hydrogens is 354 g/mol. The summed E-state index contributed by atoms with van der Waals surface area (Å²) in [6.07, 6.45) is 2.78. The van der Waals surface area contributed by atoms with Crippen LogP contribution in [0.4, 0.5) is 5.69 Å². The molecule has 0 saturated heterocycles. The van der Waals surface area contributed by atoms with Gasteiger partial charge in [-0.15, -0.1) is 0 Å². The number of hydrogen-bond donors (Lipinski definition) is 2. The first-order valence-corrected chi connectivity index (χ1v) is 8.95. The Kier molecular flexibility index (Phi) is 4.25. The molecule has 0 radical (unpaired) electrons. The molecule has 2 aliphatic heterocycles. The molecule has 1 aromatic heterocycles. The maximum atomic E-state index is 12.4. The first-order chi connectivity index (χ1) is 12.6. The van der Waals surface area contributed by atoms with Crippen LogP contribution in [0.15, 0.2) is 35.6 Å². The average molecular weight is 371 g/mol. The smallest absolute Gasteiger partial charge is 0.275 e. The number of rotatable bonds is 3. The fourth-order valence-electron chi connectivity index (χ4n) is 3.04. The molecule has 3 heterocycles. The summed E-state index contributed by atoms with van der Waals surface area (Å²) in [5.41, 5.74) is 8.36. The number of methoxy groups -OCH3 is 1. The fraction of sp³-hybridized carbons (Fsp3) is 0.294. The van der Waals surface area contributed by atoms with E-state index in [0.29, 0.717) is 29.9 Å². The molecular formula is C17H17N5O3S. The number of aromatic nitrogens is 2. The van der Waals surface area contributed by atoms with Gasteiger partial charge >= 0.3 is 0 Å². The second-order valence-corrected chi connectivity index (χ2v) is 7.03. The lowest BCUT2D eigenvalue weighted by atomic mass is 9.87. The Bertz CT molecular complexity index is 886. The highest BCUT2D eigenvalue weighted by atomic mass is 32.2. The Hall–Kier alpha value is -2.65. The molecule has 1 aromatic carbocycles. The molecule has 0 bridgehead atoms. The van der Waals surface area contributed by atoms with Crippen molar-refractivity contribution >= 4 is 28.5 Å². The number of ether oxygens (including phenoxy) is 2. The molecule has 3 N–H and O–H groups in total. The molecule has 4 rings (SSSR count). The number of nitrogens with zero attached hydrogens (tertiary/aromatic N) is 3. The number of benzene rings is 1. The van der Waals surface area contributed by atoms with Crippen LogP contribution in [-0.2, 0) is 16.9 Å². The molecule has 0 aliphatic carbocycles. The van der Waals surface area contributed by atoms with Gasteiger partial charge in [-0.1, -0.05) is 17.8 Å². The summed E-state index contributed by atoms with van der Waals surface area (Å²) in [7, 11) is 1.49. The van der Waals surface area contributed by atoms with Crippen molar-refractivity contribution in [3.63, 3.8) is 0 Å². The third-order valence-corrected chi connectivity index (χ3v) is 5.33. The standard InChI is InChI=1S/C17H17N5O3S/c1-24-14-6-19-13(5-20-14)15(23)21-11-3-2-10-7-25-8-17(12(10)4-11)9-26-16(18)22-17/h2-6H,7-9H2,1H3,(H2,18,22)(H,21,23). The summed E-state index contributed by atoms with van der Waals surface area (Å²) in [6.45, 7) is 1.00. The number of thioether (sulfide) groups is 1. The van der Waals surface area contributed by atoms with Crippen LogP contribution in [0.25, 0.3) is 0 Å². The zero-order valence-corrected chi connectivity index (χ0v) is 14.9. The highest BCUT2D eigenvalue weighted by Gasteiger charge is 2.41. The second-order valence-electron chi connectivity index (χ2n) is 6.03. The Morgan fingerprint density at radius 1 is 1.38 bits per heavy atom. The quantitative estimate of drug-likeness (QED) is 0.841. The van der Waals surface area contributed by atoms with Crippen molar-refractivity contribution in [3.8, 4) is 5.88 Å². The van der Waals surface area contributed by atoms with Crippen LogP contribution in [-0.4, -0.2) is 40.5 Å². The Labute approximate surface area is 154 Å². The predicted octanol–water partition coefficient (Wildman–Crippen LogP) is 1.52. The maximum Gasteiger partial charge on any atom is 0.275 e. The third-order valence-electron chi connectivity index (χ3n) is 4.32. The molecule has 1 atom stereocenters. The predicted molar refractivity (Wildman–Crippen MR) is 98.4 cm³/mol. The van der Waals surface area contributed by atoms with Gasteiger partial charge < -0.3 is 20.5 Å². The van der Waals surface area contributed by atoms with E-state index in [9.17, 15) is 4.79 Å². The molecule has 9 heteroatoms. The Balaban J connectivity index is 1.60. The molecule has 2 aromatic rings. The lowest BCUT2D eigenvalue weighted by Crippen LogP contribution is -2.35. The van der Waals surface area contributed by atoms with Crippen LogP contribution in [0.2, 0.25) is 0 Å². The number of hydrogen-bond acceptors (Lipinski definition) is 8. The lowest BCUT2D eigenvalue weighted by molar-refractivity contribution is 0.0634. The van der Waals surface area contributed by atoms with E-state index < -0.39 is 5.54 Å². The average Bonchev–Trinajstić information content (AvgIpc) is 3.04. The summed E-state index contributed by atoms with van der Waals surface area (Å²) in [4.78, 5) is 25.1. The number of anilines is 1. The molecule has 1 spiro atoms. The summed E-state index contributed by atoms with van der Waals surface area (Å²) in [6, 6.07) is 5.72. The normalized spacial score (nSPS) is 21.2. The summed E-state index contributed by atoms with van der Waals surface area (Å²) < 4.78 is 10.7. The molecule has 8 nitrogen and oxygen atoms in total. The summed E-state index contributed by atoms with van der Waals surface area (Å²) in [5, 5.41) is 3.41. The number of amidine groups is 1. The minimum absolute atomic E-state index is 0.209. The highest BCUT2D eigenvalue weighted by Crippen LogP contribution is 2.41. The molecule has 0 fully saturated rings. The van der Waals surface area contributed by atoms with E-state index in [2.05, 4.69) is 20.3 Å². The van der Waals surface area contributed by atoms with E-state index in [1.807, 2.05) is 18.2 Å². The Morgan fingerprint density at radius 3 is 2.96 bits per heavy atom. The number of nitrogens with one attached hydrogen (secondary N) is 1. The van der Waals surface area contributed by atoms with Crippen molar-refractivity contribution < 1.29 is 14.3 Å². The molecule has 26 heavy (non-hydrogen) atoms. The van der Waals surface area contributed by atoms with Gasteiger partial charge in [-0.05, 0) is 23.3 Å². The first-order valence-electron chi connectivity index (χ1n) is 7.96. The van der Waals surface area contributed by atoms with Crippen molar-refractivity contribution in [2.24, 2.45) is 10.7 Å². The number of nitrogens with two attached hydrogens (primary N) is 1. The van der Waals surface area contributed by atoms with Gasteiger partial charge in [0.25, 0.3) is 5.91 Å². The molecule has 0 saturated carbocycles. The van der Waals surface area contributed by atoms with Gasteiger partial charge in [-0.2, -0.15) is 0 Å². The lowest BCUT2D eigenvalue weighted by Gasteiger charge is -2.32. The number of aliphatic imine (C=N–C) groups is 1. The van der Waals surface area contributed by atoms with Crippen LogP contribution in [0.5, 0.6) is 5.88 Å². The van der Waals surface area contributed by atoms with Gasteiger partial charge in [-0.3, -0.25) is 4.79 Å². The van der Waals surface area contributed by atoms with Gasteiger partial charge in [0.1, 0.15) is 11.2 Å². The number of carbonyl (C=O) groups excluding carboxylic acids is 1. The van der Waals surface area contributed by atoms with Crippen molar-refractivity contribution in [3.05, 3.63) is 47.4 Å². The van der Waals surface area contributed by atoms with Gasteiger partial charge in [0.05, 0.1) is 32.7 Å². The van der Waals surface area contributed by atoms with Gasteiger partial charge in [0, 0.05) is 11.4 Å². The number of carbonyl (C=O) groups is 1. The molecule has 2 aliphatic rings. The van der Waals surface area contributed by atoms with Crippen LogP contribution in [0.3, 0.4) is 0 Å². The third kappa shape index (κ3) is 2.99. The van der Waals surface area contributed by atoms with Gasteiger partial charge in [-0.25, -0.2) is 15.0 Å². The minimum atomic E-state index is -0.483. The van der Waals surface area contributed by atoms with Crippen LogP contribution in [0.1, 0.15) is 21.6 Å². The van der Waals surface area contributed by atoms with E-state index in [4.69, 9.17) is 15.2 Å².